The van der Waals surface area contributed by atoms with Gasteiger partial charge in [0, 0.05) is 26.3 Å². The van der Waals surface area contributed by atoms with Gasteiger partial charge < -0.3 is 20.5 Å². The van der Waals surface area contributed by atoms with Crippen LogP contribution in [-0.2, 0) is 17.1 Å². The van der Waals surface area contributed by atoms with E-state index in [9.17, 15) is 23.4 Å². The van der Waals surface area contributed by atoms with Crippen LogP contribution >= 0.6 is 0 Å². The average molecular weight is 289 g/mol. The zero-order chi connectivity index (χ0) is 14.4. The molecule has 9 heteroatoms. The first-order valence-electron chi connectivity index (χ1n) is 5.56. The van der Waals surface area contributed by atoms with Gasteiger partial charge in [-0.1, -0.05) is 0 Å². The lowest BCUT2D eigenvalue weighted by Gasteiger charge is -2.13. The van der Waals surface area contributed by atoms with Crippen LogP contribution in [0.25, 0.3) is 0 Å². The van der Waals surface area contributed by atoms with Crippen LogP contribution in [0, 0.1) is 0 Å². The zero-order valence-electron chi connectivity index (χ0n) is 10.2. The summed E-state index contributed by atoms with van der Waals surface area (Å²) in [6, 6.07) is 1.18. The normalized spacial score (nSPS) is 24.8. The number of hydrogen-bond donors (Lipinski definition) is 3. The number of amides is 1. The molecule has 1 fully saturated rings. The highest BCUT2D eigenvalue weighted by molar-refractivity contribution is 7.89. The molecule has 1 amide bonds. The minimum atomic E-state index is -3.86. The minimum Gasteiger partial charge on any atom is -0.389 e. The molecule has 106 valence electrons. The molecule has 1 aromatic rings. The van der Waals surface area contributed by atoms with E-state index in [1.807, 2.05) is 0 Å². The van der Waals surface area contributed by atoms with Gasteiger partial charge in [0.05, 0.1) is 12.2 Å². The molecule has 4 N–H and O–H groups in total. The van der Waals surface area contributed by atoms with Crippen LogP contribution in [0.2, 0.25) is 0 Å². The van der Waals surface area contributed by atoms with Crippen LogP contribution in [0.5, 0.6) is 0 Å². The first kappa shape index (κ1) is 14.0. The molecule has 0 saturated carbocycles. The lowest BCUT2D eigenvalue weighted by Crippen LogP contribution is -2.29. The Balaban J connectivity index is 2.35. The smallest absolute Gasteiger partial charge is 0.265 e. The molecule has 2 atom stereocenters. The van der Waals surface area contributed by atoms with Crippen LogP contribution in [0.4, 0.5) is 0 Å². The van der Waals surface area contributed by atoms with E-state index in [1.54, 1.807) is 0 Å². The van der Waals surface area contributed by atoms with E-state index in [0.717, 1.165) is 4.31 Å². The van der Waals surface area contributed by atoms with Gasteiger partial charge >= 0.3 is 0 Å². The number of carbonyl (C=O) groups is 1. The fourth-order valence-electron chi connectivity index (χ4n) is 2.00. The summed E-state index contributed by atoms with van der Waals surface area (Å²) in [6.07, 6.45) is -0.935. The average Bonchev–Trinajstić information content (AvgIpc) is 2.84. The third-order valence-electron chi connectivity index (χ3n) is 3.10. The predicted molar refractivity (Wildman–Crippen MR) is 64.7 cm³/mol. The van der Waals surface area contributed by atoms with Crippen molar-refractivity contribution < 1.29 is 23.4 Å². The first-order valence-corrected chi connectivity index (χ1v) is 7.00. The monoisotopic (exact) mass is 289 g/mol. The van der Waals surface area contributed by atoms with Gasteiger partial charge in [0.2, 0.25) is 10.0 Å². The predicted octanol–water partition coefficient (Wildman–Crippen LogP) is -2.15. The van der Waals surface area contributed by atoms with Gasteiger partial charge in [0.15, 0.2) is 0 Å². The number of β-amino-alcohol motifs (C(OH)–C–C–N with tert-alkyl or cyclic N) is 2. The largest absolute Gasteiger partial charge is 0.389 e. The third kappa shape index (κ3) is 2.37. The van der Waals surface area contributed by atoms with Crippen molar-refractivity contribution in [2.45, 2.75) is 17.1 Å². The van der Waals surface area contributed by atoms with Crippen LogP contribution in [-0.4, -0.2) is 58.7 Å². The second kappa shape index (κ2) is 4.60. The summed E-state index contributed by atoms with van der Waals surface area (Å²) < 4.78 is 26.8. The Labute approximate surface area is 110 Å². The summed E-state index contributed by atoms with van der Waals surface area (Å²) in [4.78, 5) is 11.0. The third-order valence-corrected chi connectivity index (χ3v) is 4.89. The molecule has 8 nitrogen and oxygen atoms in total. The van der Waals surface area contributed by atoms with Gasteiger partial charge in [-0.25, -0.2) is 8.42 Å². The van der Waals surface area contributed by atoms with E-state index in [-0.39, 0.29) is 23.7 Å². The molecule has 1 aliphatic heterocycles. The number of sulfonamides is 1. The van der Waals surface area contributed by atoms with Gasteiger partial charge in [-0.2, -0.15) is 4.31 Å². The summed E-state index contributed by atoms with van der Waals surface area (Å²) in [5, 5.41) is 18.8. The van der Waals surface area contributed by atoms with Gasteiger partial charge in [-0.3, -0.25) is 4.79 Å². The number of primary amides is 1. The van der Waals surface area contributed by atoms with Crippen LogP contribution in [0.15, 0.2) is 17.2 Å². The zero-order valence-corrected chi connectivity index (χ0v) is 11.0. The van der Waals surface area contributed by atoms with E-state index in [4.69, 9.17) is 5.73 Å². The summed E-state index contributed by atoms with van der Waals surface area (Å²) in [5.74, 6) is -0.731. The van der Waals surface area contributed by atoms with Crippen LogP contribution in [0.3, 0.4) is 0 Å². The second-order valence-electron chi connectivity index (χ2n) is 4.49. The number of aromatic nitrogens is 1. The Hall–Kier alpha value is -1.42. The molecule has 0 spiro atoms. The van der Waals surface area contributed by atoms with Crippen molar-refractivity contribution in [3.63, 3.8) is 0 Å². The molecule has 1 aromatic heterocycles. The SMILES string of the molecule is Cn1cc(S(=O)(=O)N2C[C@@H](O)[C@@H](O)C2)cc1C(N)=O. The molecule has 2 heterocycles. The van der Waals surface area contributed by atoms with E-state index < -0.39 is 28.1 Å². The molecule has 19 heavy (non-hydrogen) atoms. The highest BCUT2D eigenvalue weighted by Gasteiger charge is 2.38. The molecule has 0 unspecified atom stereocenters. The van der Waals surface area contributed by atoms with Crippen molar-refractivity contribution in [3.8, 4) is 0 Å². The van der Waals surface area contributed by atoms with Crippen molar-refractivity contribution in [2.24, 2.45) is 12.8 Å². The van der Waals surface area contributed by atoms with E-state index in [2.05, 4.69) is 0 Å². The highest BCUT2D eigenvalue weighted by Crippen LogP contribution is 2.22. The first-order chi connectivity index (χ1) is 8.73. The lowest BCUT2D eigenvalue weighted by atomic mass is 10.3. The van der Waals surface area contributed by atoms with Crippen molar-refractivity contribution in [1.29, 1.82) is 0 Å². The number of aliphatic hydroxyl groups is 2. The Kier molecular flexibility index (Phi) is 3.39. The molecule has 0 radical (unpaired) electrons. The molecular formula is C10H15N3O5S. The Bertz CT molecular complexity index is 599. The maximum absolute atomic E-state index is 12.3. The summed E-state index contributed by atoms with van der Waals surface area (Å²) >= 11 is 0. The van der Waals surface area contributed by atoms with Gasteiger partial charge in [0.1, 0.15) is 10.6 Å². The van der Waals surface area contributed by atoms with Crippen molar-refractivity contribution in [2.75, 3.05) is 13.1 Å². The summed E-state index contributed by atoms with van der Waals surface area (Å²) in [7, 11) is -2.35. The number of nitrogens with zero attached hydrogens (tertiary/aromatic N) is 2. The number of rotatable bonds is 3. The van der Waals surface area contributed by atoms with Gasteiger partial charge in [0.25, 0.3) is 5.91 Å². The fourth-order valence-corrected chi connectivity index (χ4v) is 3.55. The number of nitrogens with two attached hydrogens (primary N) is 1. The Morgan fingerprint density at radius 3 is 2.32 bits per heavy atom. The van der Waals surface area contributed by atoms with Crippen molar-refractivity contribution >= 4 is 15.9 Å². The van der Waals surface area contributed by atoms with E-state index in [1.165, 1.54) is 23.9 Å². The summed E-state index contributed by atoms with van der Waals surface area (Å²) in [5.41, 5.74) is 5.19. The number of aliphatic hydroxyl groups excluding tert-OH is 2. The topological polar surface area (TPSA) is 126 Å². The maximum Gasteiger partial charge on any atom is 0.265 e. The van der Waals surface area contributed by atoms with Crippen LogP contribution < -0.4 is 5.73 Å². The molecule has 0 aromatic carbocycles. The van der Waals surface area contributed by atoms with Gasteiger partial charge in [-0.05, 0) is 6.07 Å². The quantitative estimate of drug-likeness (QED) is 0.585. The lowest BCUT2D eigenvalue weighted by molar-refractivity contribution is 0.0572. The van der Waals surface area contributed by atoms with Crippen LogP contribution in [0.1, 0.15) is 10.5 Å². The summed E-state index contributed by atoms with van der Waals surface area (Å²) in [6.45, 7) is -0.353. The molecule has 2 rings (SSSR count). The molecule has 0 bridgehead atoms. The Morgan fingerprint density at radius 1 is 1.37 bits per heavy atom. The second-order valence-corrected chi connectivity index (χ2v) is 6.43. The van der Waals surface area contributed by atoms with Crippen molar-refractivity contribution in [3.05, 3.63) is 18.0 Å². The molecule has 1 saturated heterocycles. The fraction of sp³-hybridized carbons (Fsp3) is 0.500. The molecule has 1 aliphatic rings. The number of hydrogen-bond acceptors (Lipinski definition) is 5. The number of carbonyl (C=O) groups excluding carboxylic acids is 1. The highest BCUT2D eigenvalue weighted by atomic mass is 32.2. The Morgan fingerprint density at radius 2 is 1.89 bits per heavy atom. The minimum absolute atomic E-state index is 0.0684. The standard InChI is InChI=1S/C10H15N3O5S/c1-12-3-6(2-7(12)10(11)16)19(17,18)13-4-8(14)9(15)5-13/h2-3,8-9,14-15H,4-5H2,1H3,(H2,11,16)/t8-,9+. The number of aryl methyl sites for hydroxylation is 1. The maximum atomic E-state index is 12.3. The van der Waals surface area contributed by atoms with Gasteiger partial charge in [-0.15, -0.1) is 0 Å². The molecular weight excluding hydrogens is 274 g/mol. The molecule has 0 aliphatic carbocycles. The van der Waals surface area contributed by atoms with E-state index >= 15 is 0 Å². The van der Waals surface area contributed by atoms with E-state index in [0.29, 0.717) is 0 Å². The van der Waals surface area contributed by atoms with Crippen molar-refractivity contribution in [1.82, 2.24) is 8.87 Å².